The van der Waals surface area contributed by atoms with Crippen molar-refractivity contribution in [3.8, 4) is 0 Å². The number of likely N-dealkylation sites (N-methyl/N-ethyl adjacent to an activating group) is 1. The molecule has 1 atom stereocenters. The predicted molar refractivity (Wildman–Crippen MR) is 69.7 cm³/mol. The van der Waals surface area contributed by atoms with Crippen LogP contribution in [0.5, 0.6) is 0 Å². The Labute approximate surface area is 111 Å². The van der Waals surface area contributed by atoms with Gasteiger partial charge in [0.15, 0.2) is 0 Å². The smallest absolute Gasteiger partial charge is 0.244 e. The molecule has 0 saturated heterocycles. The molecule has 0 aliphatic heterocycles. The number of hydrogen-bond donors (Lipinski definition) is 3. The van der Waals surface area contributed by atoms with Crippen LogP contribution in [-0.4, -0.2) is 27.4 Å². The third-order valence-corrected chi connectivity index (χ3v) is 4.32. The Morgan fingerprint density at radius 1 is 1.44 bits per heavy atom. The van der Waals surface area contributed by atoms with E-state index < -0.39 is 22.0 Å². The van der Waals surface area contributed by atoms with Crippen molar-refractivity contribution in [3.05, 3.63) is 23.2 Å². The van der Waals surface area contributed by atoms with E-state index in [0.717, 1.165) is 0 Å². The first-order chi connectivity index (χ1) is 8.29. The Morgan fingerprint density at radius 3 is 2.56 bits per heavy atom. The van der Waals surface area contributed by atoms with Gasteiger partial charge in [0, 0.05) is 7.05 Å². The van der Waals surface area contributed by atoms with Crippen LogP contribution in [0.1, 0.15) is 6.92 Å². The van der Waals surface area contributed by atoms with Gasteiger partial charge in [-0.15, -0.1) is 0 Å². The number of sulfonamides is 1. The highest BCUT2D eigenvalue weighted by molar-refractivity contribution is 7.89. The van der Waals surface area contributed by atoms with Crippen molar-refractivity contribution in [2.24, 2.45) is 0 Å². The number of anilines is 1. The van der Waals surface area contributed by atoms with E-state index in [0.29, 0.717) is 0 Å². The van der Waals surface area contributed by atoms with Crippen molar-refractivity contribution in [2.45, 2.75) is 17.9 Å². The maximum atomic E-state index is 12.0. The Hall–Kier alpha value is -1.31. The van der Waals surface area contributed by atoms with Crippen molar-refractivity contribution < 1.29 is 13.2 Å². The highest BCUT2D eigenvalue weighted by atomic mass is 35.5. The number of carbonyl (C=O) groups excluding carboxylic acids is 1. The van der Waals surface area contributed by atoms with Crippen LogP contribution in [0.4, 0.5) is 5.69 Å². The van der Waals surface area contributed by atoms with E-state index in [1.165, 1.54) is 26.1 Å². The number of hydrogen-bond acceptors (Lipinski definition) is 4. The number of nitrogens with two attached hydrogens (primary N) is 1. The molecule has 4 N–H and O–H groups in total. The lowest BCUT2D eigenvalue weighted by atomic mass is 10.3. The summed E-state index contributed by atoms with van der Waals surface area (Å²) in [7, 11) is -2.53. The van der Waals surface area contributed by atoms with E-state index in [1.807, 2.05) is 0 Å². The molecule has 18 heavy (non-hydrogen) atoms. The maximum Gasteiger partial charge on any atom is 0.244 e. The first-order valence-electron chi connectivity index (χ1n) is 5.07. The summed E-state index contributed by atoms with van der Waals surface area (Å²) in [4.78, 5) is 11.1. The fourth-order valence-corrected chi connectivity index (χ4v) is 3.25. The molecule has 0 spiro atoms. The van der Waals surface area contributed by atoms with E-state index >= 15 is 0 Å². The summed E-state index contributed by atoms with van der Waals surface area (Å²) in [5.74, 6) is -0.454. The highest BCUT2D eigenvalue weighted by Gasteiger charge is 2.25. The van der Waals surface area contributed by atoms with E-state index in [1.54, 1.807) is 6.07 Å². The van der Waals surface area contributed by atoms with Crippen LogP contribution in [0, 0.1) is 0 Å². The zero-order valence-corrected chi connectivity index (χ0v) is 11.5. The zero-order chi connectivity index (χ0) is 13.9. The Kier molecular flexibility index (Phi) is 4.55. The molecule has 1 aromatic rings. The molecular weight excluding hydrogens is 278 g/mol. The summed E-state index contributed by atoms with van der Waals surface area (Å²) in [6, 6.07) is 3.46. The average Bonchev–Trinajstić information content (AvgIpc) is 2.26. The summed E-state index contributed by atoms with van der Waals surface area (Å²) in [5, 5.41) is 2.34. The molecule has 0 bridgehead atoms. The molecule has 100 valence electrons. The van der Waals surface area contributed by atoms with Gasteiger partial charge in [0.1, 0.15) is 4.90 Å². The summed E-state index contributed by atoms with van der Waals surface area (Å²) in [5.41, 5.74) is 5.61. The van der Waals surface area contributed by atoms with E-state index in [2.05, 4.69) is 10.0 Å². The van der Waals surface area contributed by atoms with Crippen LogP contribution < -0.4 is 15.8 Å². The van der Waals surface area contributed by atoms with Crippen LogP contribution >= 0.6 is 11.6 Å². The van der Waals surface area contributed by atoms with Crippen molar-refractivity contribution in [1.82, 2.24) is 10.0 Å². The molecule has 1 rings (SSSR count). The lowest BCUT2D eigenvalue weighted by Crippen LogP contribution is -2.43. The third kappa shape index (κ3) is 3.12. The van der Waals surface area contributed by atoms with E-state index in [-0.39, 0.29) is 15.6 Å². The molecule has 6 nitrogen and oxygen atoms in total. The summed E-state index contributed by atoms with van der Waals surface area (Å²) < 4.78 is 26.3. The number of nitrogens with one attached hydrogen (secondary N) is 2. The van der Waals surface area contributed by atoms with Crippen LogP contribution in [0.2, 0.25) is 5.02 Å². The van der Waals surface area contributed by atoms with Crippen LogP contribution in [0.25, 0.3) is 0 Å². The van der Waals surface area contributed by atoms with Crippen molar-refractivity contribution in [1.29, 1.82) is 0 Å². The number of nitrogen functional groups attached to an aromatic ring is 1. The Morgan fingerprint density at radius 2 is 2.06 bits per heavy atom. The standard InChI is InChI=1S/C10H14ClN3O3S/c1-6(10(15)13-2)14-18(16,17)9-7(11)4-3-5-8(9)12/h3-6,14H,12H2,1-2H3,(H,13,15). The number of amides is 1. The molecule has 0 aliphatic rings. The Bertz CT molecular complexity index is 539. The van der Waals surface area contributed by atoms with Crippen LogP contribution in [0.15, 0.2) is 23.1 Å². The molecule has 0 aromatic heterocycles. The van der Waals surface area contributed by atoms with Gasteiger partial charge >= 0.3 is 0 Å². The van der Waals surface area contributed by atoms with Crippen molar-refractivity contribution >= 4 is 33.2 Å². The first-order valence-corrected chi connectivity index (χ1v) is 6.93. The van der Waals surface area contributed by atoms with Gasteiger partial charge in [-0.2, -0.15) is 4.72 Å². The average molecular weight is 292 g/mol. The fraction of sp³-hybridized carbons (Fsp3) is 0.300. The largest absolute Gasteiger partial charge is 0.398 e. The molecule has 0 aliphatic carbocycles. The molecule has 0 saturated carbocycles. The predicted octanol–water partition coefficient (Wildman–Crippen LogP) is 0.335. The van der Waals surface area contributed by atoms with Gasteiger partial charge in [0.25, 0.3) is 0 Å². The first kappa shape index (κ1) is 14.7. The molecule has 1 amide bonds. The van der Waals surface area contributed by atoms with Gasteiger partial charge in [-0.05, 0) is 19.1 Å². The zero-order valence-electron chi connectivity index (χ0n) is 9.90. The van der Waals surface area contributed by atoms with Gasteiger partial charge in [-0.1, -0.05) is 17.7 Å². The molecule has 0 fully saturated rings. The van der Waals surface area contributed by atoms with Gasteiger partial charge in [0.2, 0.25) is 15.9 Å². The second-order valence-corrected chi connectivity index (χ2v) is 5.67. The molecule has 0 heterocycles. The molecule has 8 heteroatoms. The summed E-state index contributed by atoms with van der Waals surface area (Å²) in [6.07, 6.45) is 0. The quantitative estimate of drug-likeness (QED) is 0.696. The second-order valence-electron chi connectivity index (χ2n) is 3.62. The van der Waals surface area contributed by atoms with E-state index in [9.17, 15) is 13.2 Å². The minimum absolute atomic E-state index is 0.00612. The molecular formula is C10H14ClN3O3S. The van der Waals surface area contributed by atoms with E-state index in [4.69, 9.17) is 17.3 Å². The van der Waals surface area contributed by atoms with Crippen molar-refractivity contribution in [2.75, 3.05) is 12.8 Å². The van der Waals surface area contributed by atoms with Crippen LogP contribution in [-0.2, 0) is 14.8 Å². The summed E-state index contributed by atoms with van der Waals surface area (Å²) in [6.45, 7) is 1.42. The molecule has 0 radical (unpaired) electrons. The van der Waals surface area contributed by atoms with Crippen LogP contribution in [0.3, 0.4) is 0 Å². The third-order valence-electron chi connectivity index (χ3n) is 2.24. The minimum atomic E-state index is -3.94. The molecule has 1 unspecified atom stereocenters. The van der Waals surface area contributed by atoms with Gasteiger partial charge in [-0.25, -0.2) is 8.42 Å². The molecule has 1 aromatic carbocycles. The number of benzene rings is 1. The monoisotopic (exact) mass is 291 g/mol. The second kappa shape index (κ2) is 5.55. The highest BCUT2D eigenvalue weighted by Crippen LogP contribution is 2.26. The summed E-state index contributed by atoms with van der Waals surface area (Å²) >= 11 is 5.81. The number of carbonyl (C=O) groups is 1. The van der Waals surface area contributed by atoms with Crippen molar-refractivity contribution in [3.63, 3.8) is 0 Å². The Balaban J connectivity index is 3.12. The fourth-order valence-electron chi connectivity index (χ4n) is 1.37. The SMILES string of the molecule is CNC(=O)C(C)NS(=O)(=O)c1c(N)cccc1Cl. The number of rotatable bonds is 4. The van der Waals surface area contributed by atoms with Gasteiger partial charge in [-0.3, -0.25) is 4.79 Å². The normalized spacial score (nSPS) is 13.1. The maximum absolute atomic E-state index is 12.0. The van der Waals surface area contributed by atoms with Gasteiger partial charge < -0.3 is 11.1 Å². The lowest BCUT2D eigenvalue weighted by molar-refractivity contribution is -0.121. The lowest BCUT2D eigenvalue weighted by Gasteiger charge is -2.14. The topological polar surface area (TPSA) is 101 Å². The minimum Gasteiger partial charge on any atom is -0.398 e. The number of halogens is 1. The van der Waals surface area contributed by atoms with Gasteiger partial charge in [0.05, 0.1) is 16.8 Å².